The van der Waals surface area contributed by atoms with Crippen LogP contribution in [0.3, 0.4) is 0 Å². The number of fused-ring (bicyclic) bond motifs is 1. The summed E-state index contributed by atoms with van der Waals surface area (Å²) in [5.41, 5.74) is 3.95. The average molecular weight is 581 g/mol. The van der Waals surface area contributed by atoms with Crippen LogP contribution in [0.15, 0.2) is 36.7 Å². The molecule has 1 saturated heterocycles. The first-order valence-corrected chi connectivity index (χ1v) is 13.9. The van der Waals surface area contributed by atoms with Crippen molar-refractivity contribution < 1.29 is 13.2 Å². The molecule has 1 aliphatic rings. The van der Waals surface area contributed by atoms with Crippen LogP contribution in [0, 0.1) is 5.41 Å². The van der Waals surface area contributed by atoms with Crippen molar-refractivity contribution in [2.75, 3.05) is 12.8 Å². The third-order valence-electron chi connectivity index (χ3n) is 5.69. The summed E-state index contributed by atoms with van der Waals surface area (Å²) in [6.45, 7) is 7.20. The van der Waals surface area contributed by atoms with Gasteiger partial charge in [0, 0.05) is 36.3 Å². The summed E-state index contributed by atoms with van der Waals surface area (Å²) in [6.07, 6.45) is 5.38. The van der Waals surface area contributed by atoms with Crippen molar-refractivity contribution in [3.8, 4) is 11.3 Å². The quantitative estimate of drug-likeness (QED) is 0.199. The number of carbonyl (C=O) groups excluding carboxylic acids is 1. The summed E-state index contributed by atoms with van der Waals surface area (Å²) < 4.78 is 26.1. The van der Waals surface area contributed by atoms with E-state index in [1.54, 1.807) is 12.4 Å². The van der Waals surface area contributed by atoms with Gasteiger partial charge in [-0.1, -0.05) is 61.6 Å². The number of aromatic amines is 1. The molecule has 8 nitrogen and oxygen atoms in total. The number of aromatic nitrogens is 3. The molecular weight excluding hydrogens is 553 g/mol. The van der Waals surface area contributed by atoms with Crippen LogP contribution < -0.4 is 4.72 Å². The van der Waals surface area contributed by atoms with Crippen LogP contribution >= 0.6 is 22.6 Å². The van der Waals surface area contributed by atoms with Crippen molar-refractivity contribution in [3.63, 3.8) is 0 Å². The number of likely N-dealkylation sites (tertiary alicyclic amines) is 1. The molecule has 2 unspecified atom stereocenters. The maximum atomic E-state index is 12.8. The van der Waals surface area contributed by atoms with Crippen LogP contribution in [0.2, 0.25) is 0 Å². The Morgan fingerprint density at radius 3 is 2.79 bits per heavy atom. The molecule has 0 radical (unpaired) electrons. The molecule has 10 heteroatoms. The number of Topliss-reactive ketones (excluding diaryl/α,β-unsaturated/α-hetero) is 1. The van der Waals surface area contributed by atoms with E-state index < -0.39 is 15.4 Å². The van der Waals surface area contributed by atoms with E-state index in [1.165, 1.54) is 6.26 Å². The summed E-state index contributed by atoms with van der Waals surface area (Å²) in [5, 5.41) is 0. The van der Waals surface area contributed by atoms with Crippen molar-refractivity contribution in [2.45, 2.75) is 43.8 Å². The number of nitrogens with one attached hydrogen (secondary N) is 2. The number of alkyl halides is 1. The van der Waals surface area contributed by atoms with Gasteiger partial charge in [-0.3, -0.25) is 9.69 Å². The molecule has 0 spiro atoms. The lowest BCUT2D eigenvalue weighted by molar-refractivity contribution is 0.0860. The number of halogens is 1. The first kappa shape index (κ1) is 24.2. The van der Waals surface area contributed by atoms with Gasteiger partial charge in [-0.25, -0.2) is 23.1 Å². The molecule has 33 heavy (non-hydrogen) atoms. The maximum absolute atomic E-state index is 12.8. The summed E-state index contributed by atoms with van der Waals surface area (Å²) in [6, 6.07) is 8.01. The summed E-state index contributed by atoms with van der Waals surface area (Å²) >= 11 is 2.31. The van der Waals surface area contributed by atoms with E-state index in [4.69, 9.17) is 4.98 Å². The molecule has 2 atom stereocenters. The van der Waals surface area contributed by atoms with Crippen molar-refractivity contribution in [3.05, 3.63) is 47.8 Å². The number of sulfonamides is 1. The fourth-order valence-electron chi connectivity index (χ4n) is 4.05. The number of H-pyrrole nitrogens is 1. The van der Waals surface area contributed by atoms with Gasteiger partial charge in [-0.2, -0.15) is 0 Å². The van der Waals surface area contributed by atoms with Gasteiger partial charge in [0.15, 0.2) is 11.4 Å². The molecule has 1 aliphatic heterocycles. The van der Waals surface area contributed by atoms with E-state index >= 15 is 0 Å². The van der Waals surface area contributed by atoms with Gasteiger partial charge in [0.2, 0.25) is 10.0 Å². The number of hydrogen-bond acceptors (Lipinski definition) is 6. The first-order chi connectivity index (χ1) is 15.4. The Labute approximate surface area is 207 Å². The monoisotopic (exact) mass is 581 g/mol. The summed E-state index contributed by atoms with van der Waals surface area (Å²) in [4.78, 5) is 27.4. The second-order valence-corrected chi connectivity index (χ2v) is 12.6. The molecule has 4 rings (SSSR count). The van der Waals surface area contributed by atoms with Crippen LogP contribution in [-0.4, -0.2) is 56.9 Å². The molecule has 0 saturated carbocycles. The Kier molecular flexibility index (Phi) is 6.64. The summed E-state index contributed by atoms with van der Waals surface area (Å²) in [7, 11) is -3.23. The van der Waals surface area contributed by atoms with Gasteiger partial charge in [0.05, 0.1) is 27.8 Å². The Morgan fingerprint density at radius 2 is 2.09 bits per heavy atom. The largest absolute Gasteiger partial charge is 0.344 e. The third-order valence-corrected chi connectivity index (χ3v) is 8.08. The smallest absolute Gasteiger partial charge is 0.209 e. The number of nitrogens with zero attached hydrogens (tertiary/aromatic N) is 3. The number of rotatable bonds is 6. The lowest BCUT2D eigenvalue weighted by Crippen LogP contribution is -2.40. The second-order valence-electron chi connectivity index (χ2n) is 9.56. The molecule has 0 bridgehead atoms. The fraction of sp³-hybridized carbons (Fsp3) is 0.435. The predicted molar refractivity (Wildman–Crippen MR) is 138 cm³/mol. The van der Waals surface area contributed by atoms with E-state index in [1.807, 2.05) is 32.9 Å². The van der Waals surface area contributed by atoms with Gasteiger partial charge in [-0.05, 0) is 18.1 Å². The molecule has 3 heterocycles. The zero-order valence-corrected chi connectivity index (χ0v) is 22.1. The highest BCUT2D eigenvalue weighted by molar-refractivity contribution is 14.1. The average Bonchev–Trinajstić information content (AvgIpc) is 3.30. The molecule has 1 aromatic carbocycles. The Balaban J connectivity index is 1.58. The van der Waals surface area contributed by atoms with Gasteiger partial charge < -0.3 is 4.98 Å². The van der Waals surface area contributed by atoms with Crippen molar-refractivity contribution in [2.24, 2.45) is 5.41 Å². The molecule has 2 aromatic heterocycles. The lowest BCUT2D eigenvalue weighted by atomic mass is 9.87. The Morgan fingerprint density at radius 1 is 1.33 bits per heavy atom. The van der Waals surface area contributed by atoms with E-state index in [2.05, 4.69) is 54.3 Å². The van der Waals surface area contributed by atoms with Crippen molar-refractivity contribution in [1.29, 1.82) is 0 Å². The second kappa shape index (κ2) is 9.05. The van der Waals surface area contributed by atoms with E-state index in [0.717, 1.165) is 24.1 Å². The van der Waals surface area contributed by atoms with Crippen molar-refractivity contribution >= 4 is 49.6 Å². The maximum Gasteiger partial charge on any atom is 0.209 e. The standard InChI is InChI=1S/C23H28IN5O3S/c1-23(2,3)20(30)16-11-25-22-19(16)27-18(12-26-22)15-7-5-6-14(10-15)13-29-9-8-17(21(29)24)28-33(4,31)32/h5-7,10-12,17,21,28H,8-9,13H2,1-4H3,(H,25,26). The molecule has 3 aromatic rings. The third kappa shape index (κ3) is 5.44. The topological polar surface area (TPSA) is 108 Å². The normalized spacial score (nSPS) is 19.9. The number of ketones is 1. The number of carbonyl (C=O) groups is 1. The predicted octanol–water partition coefficient (Wildman–Crippen LogP) is 3.74. The van der Waals surface area contributed by atoms with Gasteiger partial charge >= 0.3 is 0 Å². The van der Waals surface area contributed by atoms with E-state index in [9.17, 15) is 13.2 Å². The van der Waals surface area contributed by atoms with Crippen LogP contribution in [0.1, 0.15) is 43.1 Å². The van der Waals surface area contributed by atoms with Crippen LogP contribution in [0.4, 0.5) is 0 Å². The van der Waals surface area contributed by atoms with Gasteiger partial charge in [0.1, 0.15) is 5.52 Å². The molecule has 176 valence electrons. The van der Waals surface area contributed by atoms with Gasteiger partial charge in [-0.15, -0.1) is 0 Å². The fourth-order valence-corrected chi connectivity index (χ4v) is 6.10. The Hall–Kier alpha value is -1.89. The first-order valence-electron chi connectivity index (χ1n) is 10.8. The Bertz CT molecular complexity index is 1300. The highest BCUT2D eigenvalue weighted by atomic mass is 127. The minimum Gasteiger partial charge on any atom is -0.344 e. The number of hydrogen-bond donors (Lipinski definition) is 2. The van der Waals surface area contributed by atoms with Crippen LogP contribution in [-0.2, 0) is 16.6 Å². The molecule has 0 aliphatic carbocycles. The van der Waals surface area contributed by atoms with Crippen LogP contribution in [0.25, 0.3) is 22.4 Å². The minimum absolute atomic E-state index is 0.0216. The van der Waals surface area contributed by atoms with Crippen molar-refractivity contribution in [1.82, 2.24) is 24.6 Å². The zero-order valence-electron chi connectivity index (χ0n) is 19.1. The molecule has 2 N–H and O–H groups in total. The zero-order chi connectivity index (χ0) is 24.0. The van der Waals surface area contributed by atoms with E-state index in [-0.39, 0.29) is 15.9 Å². The van der Waals surface area contributed by atoms with E-state index in [0.29, 0.717) is 29.0 Å². The lowest BCUT2D eigenvalue weighted by Gasteiger charge is -2.23. The van der Waals surface area contributed by atoms with Crippen LogP contribution in [0.5, 0.6) is 0 Å². The molecule has 0 amide bonds. The SMILES string of the molecule is CC(C)(C)C(=O)c1c[nH]c2ncc(-c3cccc(CN4CCC(NS(C)(=O)=O)C4I)c3)nc12. The number of benzene rings is 1. The summed E-state index contributed by atoms with van der Waals surface area (Å²) in [5.74, 6) is 0.0216. The minimum atomic E-state index is -3.23. The highest BCUT2D eigenvalue weighted by Gasteiger charge is 2.33. The highest BCUT2D eigenvalue weighted by Crippen LogP contribution is 2.29. The molecular formula is C23H28IN5O3S. The molecule has 1 fully saturated rings. The van der Waals surface area contributed by atoms with Gasteiger partial charge in [0.25, 0.3) is 0 Å².